The molecule has 0 aliphatic carbocycles. The smallest absolute Gasteiger partial charge is 0.433 e. The van der Waals surface area contributed by atoms with Gasteiger partial charge in [0.2, 0.25) is 0 Å². The molecule has 0 aliphatic rings. The summed E-state index contributed by atoms with van der Waals surface area (Å²) in [5.74, 6) is -1.67. The molecule has 2 rings (SSSR count). The summed E-state index contributed by atoms with van der Waals surface area (Å²) in [5.41, 5.74) is -2.15. The summed E-state index contributed by atoms with van der Waals surface area (Å²) < 4.78 is 58.3. The molecule has 0 aliphatic heterocycles. The quantitative estimate of drug-likeness (QED) is 0.875. The first-order valence-corrected chi connectivity index (χ1v) is 6.57. The number of aromatic nitrogens is 2. The number of ether oxygens (including phenoxy) is 1. The number of anilines is 1. The van der Waals surface area contributed by atoms with Gasteiger partial charge >= 0.3 is 6.18 Å². The Balaban J connectivity index is 2.27. The molecule has 0 bridgehead atoms. The summed E-state index contributed by atoms with van der Waals surface area (Å²) in [5, 5.41) is 5.53. The monoisotopic (exact) mass is 331 g/mol. The maximum atomic E-state index is 13.9. The van der Waals surface area contributed by atoms with Gasteiger partial charge in [-0.2, -0.15) is 18.3 Å². The predicted octanol–water partition coefficient (Wildman–Crippen LogP) is 3.23. The molecule has 1 aromatic heterocycles. The highest BCUT2D eigenvalue weighted by molar-refractivity contribution is 6.05. The number of amides is 1. The standard InChI is InChI=1S/C14H13F4N3O2/c1-3-23-8-4-5-11(10(15)6-8)20-13(22)9-7-19-21(2)12(9)14(16,17)18/h4-7H,3H2,1-2H3,(H,20,22). The second kappa shape index (κ2) is 6.27. The van der Waals surface area contributed by atoms with Crippen LogP contribution >= 0.6 is 0 Å². The summed E-state index contributed by atoms with van der Waals surface area (Å²) in [4.78, 5) is 12.0. The minimum absolute atomic E-state index is 0.250. The van der Waals surface area contributed by atoms with Crippen LogP contribution in [0.3, 0.4) is 0 Å². The number of nitrogens with one attached hydrogen (secondary N) is 1. The molecular formula is C14H13F4N3O2. The number of carbonyl (C=O) groups excluding carboxylic acids is 1. The minimum atomic E-state index is -4.75. The van der Waals surface area contributed by atoms with Crippen molar-refractivity contribution in [2.45, 2.75) is 13.1 Å². The molecule has 23 heavy (non-hydrogen) atoms. The average Bonchev–Trinajstić information content (AvgIpc) is 2.84. The number of halogens is 4. The van der Waals surface area contributed by atoms with Gasteiger partial charge in [-0.05, 0) is 19.1 Å². The highest BCUT2D eigenvalue weighted by atomic mass is 19.4. The van der Waals surface area contributed by atoms with E-state index in [1.807, 2.05) is 0 Å². The van der Waals surface area contributed by atoms with Crippen molar-refractivity contribution in [3.63, 3.8) is 0 Å². The van der Waals surface area contributed by atoms with Crippen LogP contribution in [0, 0.1) is 5.82 Å². The number of nitrogens with zero attached hydrogens (tertiary/aromatic N) is 2. The number of carbonyl (C=O) groups is 1. The Kier molecular flexibility index (Phi) is 4.57. The van der Waals surface area contributed by atoms with Gasteiger partial charge in [-0.1, -0.05) is 0 Å². The van der Waals surface area contributed by atoms with E-state index in [1.54, 1.807) is 6.92 Å². The number of aryl methyl sites for hydroxylation is 1. The van der Waals surface area contributed by atoms with Crippen LogP contribution < -0.4 is 10.1 Å². The summed E-state index contributed by atoms with van der Waals surface area (Å²) >= 11 is 0. The minimum Gasteiger partial charge on any atom is -0.494 e. The van der Waals surface area contributed by atoms with E-state index in [0.29, 0.717) is 11.3 Å². The van der Waals surface area contributed by atoms with Crippen molar-refractivity contribution >= 4 is 11.6 Å². The topological polar surface area (TPSA) is 56.1 Å². The highest BCUT2D eigenvalue weighted by Gasteiger charge is 2.39. The number of hydrogen-bond acceptors (Lipinski definition) is 3. The fourth-order valence-electron chi connectivity index (χ4n) is 1.98. The predicted molar refractivity (Wildman–Crippen MR) is 73.7 cm³/mol. The van der Waals surface area contributed by atoms with Crippen LogP contribution in [0.15, 0.2) is 24.4 Å². The van der Waals surface area contributed by atoms with Gasteiger partial charge in [0, 0.05) is 13.1 Å². The molecule has 0 spiro atoms. The second-order valence-corrected chi connectivity index (χ2v) is 4.56. The van der Waals surface area contributed by atoms with Crippen molar-refractivity contribution < 1.29 is 27.1 Å². The van der Waals surface area contributed by atoms with Crippen LogP contribution in [0.5, 0.6) is 5.75 Å². The Morgan fingerprint density at radius 3 is 2.65 bits per heavy atom. The second-order valence-electron chi connectivity index (χ2n) is 4.56. The molecule has 0 saturated heterocycles. The van der Waals surface area contributed by atoms with E-state index in [2.05, 4.69) is 10.4 Å². The first-order valence-electron chi connectivity index (χ1n) is 6.57. The molecule has 0 saturated carbocycles. The molecule has 9 heteroatoms. The zero-order chi connectivity index (χ0) is 17.2. The van der Waals surface area contributed by atoms with E-state index in [4.69, 9.17) is 4.74 Å². The third kappa shape index (κ3) is 3.61. The highest BCUT2D eigenvalue weighted by Crippen LogP contribution is 2.32. The van der Waals surface area contributed by atoms with Crippen LogP contribution in [-0.2, 0) is 13.2 Å². The molecule has 5 nitrogen and oxygen atoms in total. The Labute approximate surface area is 128 Å². The van der Waals surface area contributed by atoms with Gasteiger partial charge in [0.05, 0.1) is 24.1 Å². The molecule has 0 atom stereocenters. The van der Waals surface area contributed by atoms with E-state index in [9.17, 15) is 22.4 Å². The van der Waals surface area contributed by atoms with Crippen molar-refractivity contribution in [1.29, 1.82) is 0 Å². The summed E-state index contributed by atoms with van der Waals surface area (Å²) in [7, 11) is 1.07. The van der Waals surface area contributed by atoms with Crippen LogP contribution in [0.4, 0.5) is 23.2 Å². The number of rotatable bonds is 4. The Hall–Kier alpha value is -2.58. The van der Waals surface area contributed by atoms with Gasteiger partial charge in [0.1, 0.15) is 11.6 Å². The zero-order valence-electron chi connectivity index (χ0n) is 12.2. The normalized spacial score (nSPS) is 11.4. The first-order chi connectivity index (χ1) is 10.7. The summed E-state index contributed by atoms with van der Waals surface area (Å²) in [6, 6.07) is 3.64. The van der Waals surface area contributed by atoms with E-state index in [0.717, 1.165) is 19.3 Å². The lowest BCUT2D eigenvalue weighted by Gasteiger charge is -2.11. The van der Waals surface area contributed by atoms with Crippen LogP contribution in [0.1, 0.15) is 23.0 Å². The van der Waals surface area contributed by atoms with E-state index < -0.39 is 29.2 Å². The van der Waals surface area contributed by atoms with E-state index in [1.165, 1.54) is 12.1 Å². The van der Waals surface area contributed by atoms with Crippen molar-refractivity contribution in [1.82, 2.24) is 9.78 Å². The van der Waals surface area contributed by atoms with E-state index in [-0.39, 0.29) is 11.4 Å². The maximum absolute atomic E-state index is 13.9. The molecular weight excluding hydrogens is 318 g/mol. The number of alkyl halides is 3. The first kappa shape index (κ1) is 16.8. The fourth-order valence-corrected chi connectivity index (χ4v) is 1.98. The SMILES string of the molecule is CCOc1ccc(NC(=O)c2cnn(C)c2C(F)(F)F)c(F)c1. The fraction of sp³-hybridized carbons (Fsp3) is 0.286. The van der Waals surface area contributed by atoms with E-state index >= 15 is 0 Å². The van der Waals surface area contributed by atoms with Gasteiger partial charge < -0.3 is 10.1 Å². The Bertz CT molecular complexity index is 725. The largest absolute Gasteiger partial charge is 0.494 e. The van der Waals surface area contributed by atoms with Gasteiger partial charge in [-0.25, -0.2) is 4.39 Å². The number of benzene rings is 1. The lowest BCUT2D eigenvalue weighted by Crippen LogP contribution is -2.20. The summed E-state index contributed by atoms with van der Waals surface area (Å²) in [6.45, 7) is 2.05. The lowest BCUT2D eigenvalue weighted by atomic mass is 10.2. The maximum Gasteiger partial charge on any atom is 0.433 e. The van der Waals surface area contributed by atoms with Gasteiger partial charge in [0.15, 0.2) is 5.69 Å². The summed E-state index contributed by atoms with van der Waals surface area (Å²) in [6.07, 6.45) is -3.97. The van der Waals surface area contributed by atoms with Crippen LogP contribution in [0.25, 0.3) is 0 Å². The third-order valence-electron chi connectivity index (χ3n) is 2.95. The molecule has 2 aromatic rings. The Morgan fingerprint density at radius 1 is 1.39 bits per heavy atom. The molecule has 1 heterocycles. The van der Waals surface area contributed by atoms with Crippen molar-refractivity contribution in [3.05, 3.63) is 41.5 Å². The average molecular weight is 331 g/mol. The third-order valence-corrected chi connectivity index (χ3v) is 2.95. The lowest BCUT2D eigenvalue weighted by molar-refractivity contribution is -0.144. The van der Waals surface area contributed by atoms with Crippen molar-refractivity contribution in [2.75, 3.05) is 11.9 Å². The molecule has 124 valence electrons. The van der Waals surface area contributed by atoms with Gasteiger partial charge in [0.25, 0.3) is 5.91 Å². The molecule has 1 aromatic carbocycles. The van der Waals surface area contributed by atoms with Gasteiger partial charge in [-0.15, -0.1) is 0 Å². The molecule has 0 fully saturated rings. The molecule has 0 unspecified atom stereocenters. The molecule has 1 N–H and O–H groups in total. The molecule has 1 amide bonds. The Morgan fingerprint density at radius 2 is 2.09 bits per heavy atom. The van der Waals surface area contributed by atoms with Crippen LogP contribution in [0.2, 0.25) is 0 Å². The van der Waals surface area contributed by atoms with Crippen molar-refractivity contribution in [3.8, 4) is 5.75 Å². The number of hydrogen-bond donors (Lipinski definition) is 1. The molecule has 0 radical (unpaired) electrons. The van der Waals surface area contributed by atoms with Gasteiger partial charge in [-0.3, -0.25) is 9.48 Å². The van der Waals surface area contributed by atoms with Crippen molar-refractivity contribution in [2.24, 2.45) is 7.05 Å². The van der Waals surface area contributed by atoms with Crippen LogP contribution in [-0.4, -0.2) is 22.3 Å². The zero-order valence-corrected chi connectivity index (χ0v) is 12.2.